The van der Waals surface area contributed by atoms with E-state index in [2.05, 4.69) is 20.4 Å². The molecule has 4 rings (SSSR count). The van der Waals surface area contributed by atoms with E-state index in [9.17, 15) is 9.18 Å². The number of nitrogens with zero attached hydrogens (tertiary/aromatic N) is 4. The maximum atomic E-state index is 13.2. The van der Waals surface area contributed by atoms with Crippen molar-refractivity contribution in [1.82, 2.24) is 25.1 Å². The van der Waals surface area contributed by atoms with Gasteiger partial charge in [-0.25, -0.2) is 19.0 Å². The predicted octanol–water partition coefficient (Wildman–Crippen LogP) is 3.41. The molecular formula is C21H18FN5OS. The summed E-state index contributed by atoms with van der Waals surface area (Å²) in [6.45, 7) is 0.588. The molecule has 4 aromatic rings. The number of fused-ring (bicyclic) bond motifs is 1. The molecule has 0 aliphatic heterocycles. The lowest BCUT2D eigenvalue weighted by atomic mass is 10.1. The molecule has 29 heavy (non-hydrogen) atoms. The fraction of sp³-hybridized carbons (Fsp3) is 0.143. The molecule has 6 nitrogen and oxygen atoms in total. The standard InChI is InChI=1S/C21H18FN5OS/c22-16-6-8-17(9-7-16)27-20-18(12-26-27)21(25-14-24-20)29-13-19(28)23-11-10-15-4-2-1-3-5-15/h1-9,12,14H,10-11,13H2,(H,23,28). The molecule has 0 atom stereocenters. The fourth-order valence-electron chi connectivity index (χ4n) is 2.88. The van der Waals surface area contributed by atoms with Crippen molar-refractivity contribution in [1.29, 1.82) is 0 Å². The van der Waals surface area contributed by atoms with Crippen LogP contribution in [0.4, 0.5) is 4.39 Å². The molecule has 146 valence electrons. The number of carbonyl (C=O) groups is 1. The smallest absolute Gasteiger partial charge is 0.230 e. The Labute approximate surface area is 171 Å². The third kappa shape index (κ3) is 4.60. The van der Waals surface area contributed by atoms with Crippen molar-refractivity contribution in [2.45, 2.75) is 11.4 Å². The van der Waals surface area contributed by atoms with Gasteiger partial charge in [-0.2, -0.15) is 5.10 Å². The van der Waals surface area contributed by atoms with E-state index in [0.29, 0.717) is 22.9 Å². The van der Waals surface area contributed by atoms with E-state index in [-0.39, 0.29) is 17.5 Å². The normalized spacial score (nSPS) is 10.9. The molecule has 8 heteroatoms. The van der Waals surface area contributed by atoms with Gasteiger partial charge in [-0.3, -0.25) is 4.79 Å². The van der Waals surface area contributed by atoms with Gasteiger partial charge < -0.3 is 5.32 Å². The Bertz CT molecular complexity index is 1120. The summed E-state index contributed by atoms with van der Waals surface area (Å²) in [5.41, 5.74) is 2.50. The van der Waals surface area contributed by atoms with Crippen LogP contribution in [-0.2, 0) is 11.2 Å². The Hall–Kier alpha value is -3.26. The average Bonchev–Trinajstić information content (AvgIpc) is 3.18. The van der Waals surface area contributed by atoms with Crippen LogP contribution >= 0.6 is 11.8 Å². The maximum Gasteiger partial charge on any atom is 0.230 e. The molecule has 0 saturated heterocycles. The van der Waals surface area contributed by atoms with Crippen LogP contribution in [0.5, 0.6) is 0 Å². The van der Waals surface area contributed by atoms with Crippen molar-refractivity contribution in [3.8, 4) is 5.69 Å². The van der Waals surface area contributed by atoms with Crippen LogP contribution in [0.1, 0.15) is 5.56 Å². The summed E-state index contributed by atoms with van der Waals surface area (Å²) in [5.74, 6) is -0.110. The molecule has 2 heterocycles. The summed E-state index contributed by atoms with van der Waals surface area (Å²) in [6.07, 6.45) is 3.90. The molecule has 1 amide bonds. The van der Waals surface area contributed by atoms with Gasteiger partial charge in [0.2, 0.25) is 5.91 Å². The molecule has 0 radical (unpaired) electrons. The summed E-state index contributed by atoms with van der Waals surface area (Å²) in [5, 5.41) is 8.70. The highest BCUT2D eigenvalue weighted by atomic mass is 32.2. The number of hydrogen-bond acceptors (Lipinski definition) is 5. The summed E-state index contributed by atoms with van der Waals surface area (Å²) < 4.78 is 14.8. The van der Waals surface area contributed by atoms with Gasteiger partial charge in [0, 0.05) is 6.54 Å². The molecule has 0 spiro atoms. The Kier molecular flexibility index (Phi) is 5.81. The van der Waals surface area contributed by atoms with Crippen molar-refractivity contribution >= 4 is 28.7 Å². The van der Waals surface area contributed by atoms with Gasteiger partial charge in [-0.15, -0.1) is 0 Å². The number of benzene rings is 2. The van der Waals surface area contributed by atoms with Crippen molar-refractivity contribution < 1.29 is 9.18 Å². The highest BCUT2D eigenvalue weighted by Crippen LogP contribution is 2.25. The second-order valence-corrected chi connectivity index (χ2v) is 7.29. The van der Waals surface area contributed by atoms with Crippen LogP contribution in [0.15, 0.2) is 72.1 Å². The van der Waals surface area contributed by atoms with Gasteiger partial charge in [0.25, 0.3) is 0 Å². The van der Waals surface area contributed by atoms with E-state index in [1.807, 2.05) is 30.3 Å². The Morgan fingerprint density at radius 2 is 1.86 bits per heavy atom. The quantitative estimate of drug-likeness (QED) is 0.375. The number of nitrogens with one attached hydrogen (secondary N) is 1. The number of hydrogen-bond donors (Lipinski definition) is 1. The van der Waals surface area contributed by atoms with Crippen LogP contribution in [-0.4, -0.2) is 38.0 Å². The summed E-state index contributed by atoms with van der Waals surface area (Å²) in [4.78, 5) is 20.7. The van der Waals surface area contributed by atoms with E-state index >= 15 is 0 Å². The summed E-state index contributed by atoms with van der Waals surface area (Å²) in [7, 11) is 0. The first-order chi connectivity index (χ1) is 14.2. The summed E-state index contributed by atoms with van der Waals surface area (Å²) in [6, 6.07) is 16.0. The molecule has 0 unspecified atom stereocenters. The minimum Gasteiger partial charge on any atom is -0.355 e. The number of thioether (sulfide) groups is 1. The Morgan fingerprint density at radius 3 is 2.66 bits per heavy atom. The first-order valence-electron chi connectivity index (χ1n) is 9.09. The van der Waals surface area contributed by atoms with Crippen molar-refractivity contribution in [3.63, 3.8) is 0 Å². The number of aromatic nitrogens is 4. The zero-order chi connectivity index (χ0) is 20.1. The monoisotopic (exact) mass is 407 g/mol. The largest absolute Gasteiger partial charge is 0.355 e. The Balaban J connectivity index is 1.39. The first-order valence-corrected chi connectivity index (χ1v) is 10.1. The topological polar surface area (TPSA) is 72.7 Å². The highest BCUT2D eigenvalue weighted by molar-refractivity contribution is 8.00. The molecule has 0 bridgehead atoms. The number of halogens is 1. The average molecular weight is 407 g/mol. The minimum atomic E-state index is -0.311. The molecule has 1 N–H and O–H groups in total. The van der Waals surface area contributed by atoms with Crippen LogP contribution in [0.25, 0.3) is 16.7 Å². The van der Waals surface area contributed by atoms with E-state index < -0.39 is 0 Å². The van der Waals surface area contributed by atoms with Crippen molar-refractivity contribution in [3.05, 3.63) is 78.5 Å². The lowest BCUT2D eigenvalue weighted by Gasteiger charge is -2.06. The molecule has 0 aliphatic rings. The Morgan fingerprint density at radius 1 is 1.07 bits per heavy atom. The summed E-state index contributed by atoms with van der Waals surface area (Å²) >= 11 is 1.34. The molecule has 2 aromatic carbocycles. The highest BCUT2D eigenvalue weighted by Gasteiger charge is 2.13. The van der Waals surface area contributed by atoms with Crippen molar-refractivity contribution in [2.24, 2.45) is 0 Å². The molecular weight excluding hydrogens is 389 g/mol. The van der Waals surface area contributed by atoms with Crippen LogP contribution in [0.3, 0.4) is 0 Å². The lowest BCUT2D eigenvalue weighted by molar-refractivity contribution is -0.118. The number of carbonyl (C=O) groups excluding carboxylic acids is 1. The zero-order valence-corrected chi connectivity index (χ0v) is 16.3. The van der Waals surface area contributed by atoms with Gasteiger partial charge in [-0.1, -0.05) is 42.1 Å². The fourth-order valence-corrected chi connectivity index (χ4v) is 3.68. The van der Waals surface area contributed by atoms with Gasteiger partial charge in [-0.05, 0) is 36.2 Å². The SMILES string of the molecule is O=C(CSc1ncnc2c1cnn2-c1ccc(F)cc1)NCCc1ccccc1. The number of rotatable bonds is 7. The zero-order valence-electron chi connectivity index (χ0n) is 15.5. The third-order valence-corrected chi connectivity index (χ3v) is 5.32. The van der Waals surface area contributed by atoms with Gasteiger partial charge in [0.15, 0.2) is 5.65 Å². The second-order valence-electron chi connectivity index (χ2n) is 6.32. The van der Waals surface area contributed by atoms with Crippen LogP contribution < -0.4 is 5.32 Å². The lowest BCUT2D eigenvalue weighted by Crippen LogP contribution is -2.27. The van der Waals surface area contributed by atoms with E-state index in [4.69, 9.17) is 0 Å². The molecule has 0 saturated carbocycles. The van der Waals surface area contributed by atoms with Gasteiger partial charge >= 0.3 is 0 Å². The van der Waals surface area contributed by atoms with E-state index in [0.717, 1.165) is 11.8 Å². The van der Waals surface area contributed by atoms with E-state index in [1.165, 1.54) is 35.8 Å². The predicted molar refractivity (Wildman–Crippen MR) is 110 cm³/mol. The van der Waals surface area contributed by atoms with Crippen molar-refractivity contribution in [2.75, 3.05) is 12.3 Å². The third-order valence-electron chi connectivity index (χ3n) is 4.32. The number of amides is 1. The maximum absolute atomic E-state index is 13.2. The molecule has 0 fully saturated rings. The van der Waals surface area contributed by atoms with E-state index in [1.54, 1.807) is 23.0 Å². The molecule has 2 aromatic heterocycles. The van der Waals surface area contributed by atoms with Gasteiger partial charge in [0.05, 0.1) is 23.0 Å². The van der Waals surface area contributed by atoms with Gasteiger partial charge in [0.1, 0.15) is 17.2 Å². The van der Waals surface area contributed by atoms with Crippen LogP contribution in [0, 0.1) is 5.82 Å². The second kappa shape index (κ2) is 8.83. The van der Waals surface area contributed by atoms with Crippen LogP contribution in [0.2, 0.25) is 0 Å². The minimum absolute atomic E-state index is 0.0522. The molecule has 0 aliphatic carbocycles. The first kappa shape index (κ1) is 19.1.